The third-order valence-electron chi connectivity index (χ3n) is 3.03. The van der Waals surface area contributed by atoms with Gasteiger partial charge in [0.15, 0.2) is 5.82 Å². The maximum Gasteiger partial charge on any atom is 0.413 e. The van der Waals surface area contributed by atoms with E-state index in [0.29, 0.717) is 5.13 Å². The van der Waals surface area contributed by atoms with Crippen LogP contribution in [0.4, 0.5) is 10.6 Å². The number of carboxylic acid groups (broad SMARTS) is 1. The van der Waals surface area contributed by atoms with Crippen molar-refractivity contribution in [2.24, 2.45) is 0 Å². The summed E-state index contributed by atoms with van der Waals surface area (Å²) in [4.78, 5) is 27.4. The Hall–Kier alpha value is -3.20. The van der Waals surface area contributed by atoms with Gasteiger partial charge in [-0.25, -0.2) is 14.6 Å². The Morgan fingerprint density at radius 1 is 1.29 bits per heavy atom. The van der Waals surface area contributed by atoms with Crippen LogP contribution in [0.3, 0.4) is 0 Å². The molecule has 0 aliphatic carbocycles. The molecule has 3 rings (SSSR count). The van der Waals surface area contributed by atoms with Crippen LogP contribution >= 0.6 is 11.3 Å². The Labute approximate surface area is 140 Å². The number of rotatable bonds is 5. The van der Waals surface area contributed by atoms with Crippen molar-refractivity contribution < 1.29 is 19.4 Å². The lowest BCUT2D eigenvalue weighted by Gasteiger charge is -2.09. The number of anilines is 1. The van der Waals surface area contributed by atoms with E-state index >= 15 is 0 Å². The average molecular weight is 344 g/mol. The molecule has 0 atom stereocenters. The molecule has 8 nitrogen and oxygen atoms in total. The van der Waals surface area contributed by atoms with E-state index in [1.807, 2.05) is 30.3 Å². The normalized spacial score (nSPS) is 10.3. The van der Waals surface area contributed by atoms with Crippen LogP contribution in [0.5, 0.6) is 0 Å². The number of carboxylic acids is 1. The van der Waals surface area contributed by atoms with Crippen LogP contribution in [0.25, 0.3) is 5.13 Å². The van der Waals surface area contributed by atoms with Crippen molar-refractivity contribution in [2.75, 3.05) is 5.32 Å². The molecule has 1 aromatic carbocycles. The van der Waals surface area contributed by atoms with Gasteiger partial charge in [0.05, 0.1) is 6.20 Å². The fraction of sp³-hybridized carbons (Fsp3) is 0.0667. The minimum Gasteiger partial charge on any atom is -0.477 e. The van der Waals surface area contributed by atoms with Gasteiger partial charge in [-0.3, -0.25) is 5.32 Å². The van der Waals surface area contributed by atoms with Gasteiger partial charge in [-0.2, -0.15) is 9.78 Å². The van der Waals surface area contributed by atoms with E-state index in [-0.39, 0.29) is 18.0 Å². The summed E-state index contributed by atoms with van der Waals surface area (Å²) in [5, 5.41) is 17.8. The number of nitrogens with zero attached hydrogens (tertiary/aromatic N) is 3. The number of ether oxygens (including phenoxy) is 1. The molecule has 0 bridgehead atoms. The fourth-order valence-electron chi connectivity index (χ4n) is 1.95. The van der Waals surface area contributed by atoms with E-state index in [1.165, 1.54) is 16.0 Å². The first-order chi connectivity index (χ1) is 11.6. The summed E-state index contributed by atoms with van der Waals surface area (Å²) >= 11 is 1.26. The monoisotopic (exact) mass is 344 g/mol. The second-order valence-electron chi connectivity index (χ2n) is 4.63. The number of amides is 1. The van der Waals surface area contributed by atoms with Crippen molar-refractivity contribution in [3.63, 3.8) is 0 Å². The standard InChI is InChI=1S/C15H12N4O4S/c20-13(21)11-8-17-19(14-16-6-7-24-14)12(11)18-15(22)23-9-10-4-2-1-3-5-10/h1-8H,9H2,(H,18,22)(H,20,21). The molecule has 9 heteroatoms. The lowest BCUT2D eigenvalue weighted by atomic mass is 10.2. The number of aromatic carboxylic acids is 1. The highest BCUT2D eigenvalue weighted by Gasteiger charge is 2.21. The number of aromatic nitrogens is 3. The predicted octanol–water partition coefficient (Wildman–Crippen LogP) is 2.78. The number of nitrogens with one attached hydrogen (secondary N) is 1. The third kappa shape index (κ3) is 3.41. The number of hydrogen-bond donors (Lipinski definition) is 2. The van der Waals surface area contributed by atoms with Crippen molar-refractivity contribution in [2.45, 2.75) is 6.61 Å². The molecule has 0 spiro atoms. The molecular formula is C15H12N4O4S. The molecule has 3 aromatic rings. The number of thiazole rings is 1. The molecule has 1 amide bonds. The summed E-state index contributed by atoms with van der Waals surface area (Å²) in [6.07, 6.45) is 1.93. The highest BCUT2D eigenvalue weighted by Crippen LogP contribution is 2.22. The van der Waals surface area contributed by atoms with Crippen LogP contribution in [0.15, 0.2) is 48.1 Å². The van der Waals surface area contributed by atoms with Gasteiger partial charge in [0.1, 0.15) is 12.2 Å². The molecule has 2 aromatic heterocycles. The van der Waals surface area contributed by atoms with Gasteiger partial charge >= 0.3 is 12.1 Å². The van der Waals surface area contributed by atoms with Gasteiger partial charge in [0.2, 0.25) is 5.13 Å². The molecule has 0 aliphatic rings. The molecule has 0 saturated carbocycles. The molecular weight excluding hydrogens is 332 g/mol. The lowest BCUT2D eigenvalue weighted by Crippen LogP contribution is -2.18. The van der Waals surface area contributed by atoms with Gasteiger partial charge < -0.3 is 9.84 Å². The van der Waals surface area contributed by atoms with Crippen LogP contribution in [-0.2, 0) is 11.3 Å². The van der Waals surface area contributed by atoms with Gasteiger partial charge in [-0.15, -0.1) is 11.3 Å². The number of carbonyl (C=O) groups is 2. The Morgan fingerprint density at radius 2 is 2.08 bits per heavy atom. The summed E-state index contributed by atoms with van der Waals surface area (Å²) in [6.45, 7) is 0.0699. The zero-order valence-corrected chi connectivity index (χ0v) is 13.1. The maximum absolute atomic E-state index is 12.0. The molecule has 0 fully saturated rings. The van der Waals surface area contributed by atoms with E-state index in [1.54, 1.807) is 11.6 Å². The smallest absolute Gasteiger partial charge is 0.413 e. The summed E-state index contributed by atoms with van der Waals surface area (Å²) in [5.74, 6) is -1.22. The Bertz CT molecular complexity index is 846. The first kappa shape index (κ1) is 15.7. The quantitative estimate of drug-likeness (QED) is 0.737. The van der Waals surface area contributed by atoms with Crippen molar-refractivity contribution in [3.05, 3.63) is 59.2 Å². The molecule has 122 valence electrons. The van der Waals surface area contributed by atoms with Gasteiger partial charge in [-0.05, 0) is 5.56 Å². The maximum atomic E-state index is 12.0. The van der Waals surface area contributed by atoms with Gasteiger partial charge in [0, 0.05) is 11.6 Å². The SMILES string of the molecule is O=C(Nc1c(C(=O)O)cnn1-c1nccs1)OCc1ccccc1. The Balaban J connectivity index is 1.77. The molecule has 0 aliphatic heterocycles. The number of hydrogen-bond acceptors (Lipinski definition) is 6. The van der Waals surface area contributed by atoms with Gasteiger partial charge in [-0.1, -0.05) is 30.3 Å². The first-order valence-corrected chi connectivity index (χ1v) is 7.72. The zero-order chi connectivity index (χ0) is 16.9. The van der Waals surface area contributed by atoms with Crippen molar-refractivity contribution in [1.29, 1.82) is 0 Å². The van der Waals surface area contributed by atoms with E-state index in [4.69, 9.17) is 4.74 Å². The molecule has 24 heavy (non-hydrogen) atoms. The van der Waals surface area contributed by atoms with E-state index in [9.17, 15) is 14.7 Å². The van der Waals surface area contributed by atoms with Crippen LogP contribution in [0.1, 0.15) is 15.9 Å². The lowest BCUT2D eigenvalue weighted by molar-refractivity contribution is 0.0698. The number of carbonyl (C=O) groups excluding carboxylic acids is 1. The van der Waals surface area contributed by atoms with E-state index < -0.39 is 12.1 Å². The average Bonchev–Trinajstić information content (AvgIpc) is 3.23. The van der Waals surface area contributed by atoms with E-state index in [0.717, 1.165) is 11.8 Å². The van der Waals surface area contributed by atoms with Crippen molar-refractivity contribution in [3.8, 4) is 5.13 Å². The summed E-state index contributed by atoms with van der Waals surface area (Å²) in [5.41, 5.74) is 0.668. The Morgan fingerprint density at radius 3 is 2.75 bits per heavy atom. The molecule has 2 N–H and O–H groups in total. The largest absolute Gasteiger partial charge is 0.477 e. The van der Waals surface area contributed by atoms with Crippen LogP contribution in [-0.4, -0.2) is 31.9 Å². The van der Waals surface area contributed by atoms with Crippen LogP contribution in [0.2, 0.25) is 0 Å². The van der Waals surface area contributed by atoms with Crippen molar-refractivity contribution >= 4 is 29.2 Å². The molecule has 2 heterocycles. The topological polar surface area (TPSA) is 106 Å². The third-order valence-corrected chi connectivity index (χ3v) is 3.78. The zero-order valence-electron chi connectivity index (χ0n) is 12.2. The highest BCUT2D eigenvalue weighted by atomic mass is 32.1. The van der Waals surface area contributed by atoms with Gasteiger partial charge in [0.25, 0.3) is 0 Å². The first-order valence-electron chi connectivity index (χ1n) is 6.84. The fourth-order valence-corrected chi connectivity index (χ4v) is 2.55. The molecule has 0 saturated heterocycles. The predicted molar refractivity (Wildman–Crippen MR) is 86.4 cm³/mol. The van der Waals surface area contributed by atoms with Crippen LogP contribution < -0.4 is 5.32 Å². The molecule has 0 radical (unpaired) electrons. The molecule has 0 unspecified atom stereocenters. The van der Waals surface area contributed by atoms with E-state index in [2.05, 4.69) is 15.4 Å². The highest BCUT2D eigenvalue weighted by molar-refractivity contribution is 7.12. The minimum absolute atomic E-state index is 0.00416. The second kappa shape index (κ2) is 6.92. The summed E-state index contributed by atoms with van der Waals surface area (Å²) < 4.78 is 6.36. The minimum atomic E-state index is -1.21. The summed E-state index contributed by atoms with van der Waals surface area (Å²) in [7, 11) is 0. The van der Waals surface area contributed by atoms with Crippen LogP contribution in [0, 0.1) is 0 Å². The Kier molecular flexibility index (Phi) is 4.52. The second-order valence-corrected chi connectivity index (χ2v) is 5.50. The number of benzene rings is 1. The van der Waals surface area contributed by atoms with Crippen molar-refractivity contribution in [1.82, 2.24) is 14.8 Å². The summed E-state index contributed by atoms with van der Waals surface area (Å²) in [6, 6.07) is 9.15.